The van der Waals surface area contributed by atoms with Gasteiger partial charge in [0.1, 0.15) is 5.82 Å². The number of imide groups is 1. The van der Waals surface area contributed by atoms with Crippen molar-refractivity contribution < 1.29 is 14.0 Å². The largest absolute Gasteiger partial charge is 0.369 e. The summed E-state index contributed by atoms with van der Waals surface area (Å²) in [4.78, 5) is 32.3. The first kappa shape index (κ1) is 19.0. The maximum Gasteiger partial charge on any atom is 0.251 e. The van der Waals surface area contributed by atoms with Crippen LogP contribution in [0.1, 0.15) is 6.42 Å². The summed E-state index contributed by atoms with van der Waals surface area (Å²) < 4.78 is 13.1. The Labute approximate surface area is 168 Å². The Kier molecular flexibility index (Phi) is 5.37. The number of piperazine rings is 1. The van der Waals surface area contributed by atoms with Crippen LogP contribution in [0.15, 0.2) is 53.4 Å². The maximum atomic E-state index is 13.1. The quantitative estimate of drug-likeness (QED) is 0.584. The molecule has 2 aromatic carbocycles. The van der Waals surface area contributed by atoms with Crippen molar-refractivity contribution in [1.29, 1.82) is 0 Å². The lowest BCUT2D eigenvalue weighted by molar-refractivity contribution is -0.123. The van der Waals surface area contributed by atoms with E-state index >= 15 is 0 Å². The molecule has 2 saturated heterocycles. The van der Waals surface area contributed by atoms with Crippen LogP contribution in [0.5, 0.6) is 0 Å². The van der Waals surface area contributed by atoms with Gasteiger partial charge >= 0.3 is 0 Å². The standard InChI is InChI=1S/C21H22FN3O2S/c1-28-19-5-3-2-4-17(19)25-20(26)14-18(21(25)27)24-12-10-23(11-13-24)16-8-6-15(22)7-9-16/h2-9,18H,10-14H2,1H3/t18-/m0/s1. The van der Waals surface area contributed by atoms with Crippen LogP contribution in [-0.2, 0) is 9.59 Å². The lowest BCUT2D eigenvalue weighted by atomic mass is 10.1. The van der Waals surface area contributed by atoms with E-state index in [-0.39, 0.29) is 24.1 Å². The highest BCUT2D eigenvalue weighted by Crippen LogP contribution is 2.33. The molecule has 2 amide bonds. The van der Waals surface area contributed by atoms with Crippen LogP contribution < -0.4 is 9.80 Å². The molecule has 0 saturated carbocycles. The summed E-state index contributed by atoms with van der Waals surface area (Å²) in [5.41, 5.74) is 1.66. The number of anilines is 2. The highest BCUT2D eigenvalue weighted by atomic mass is 32.2. The number of benzene rings is 2. The molecular formula is C21H22FN3O2S. The van der Waals surface area contributed by atoms with Gasteiger partial charge in [0, 0.05) is 36.8 Å². The topological polar surface area (TPSA) is 43.9 Å². The summed E-state index contributed by atoms with van der Waals surface area (Å²) >= 11 is 1.53. The van der Waals surface area contributed by atoms with E-state index in [0.29, 0.717) is 18.8 Å². The van der Waals surface area contributed by atoms with Crippen molar-refractivity contribution in [2.24, 2.45) is 0 Å². The lowest BCUT2D eigenvalue weighted by Crippen LogP contribution is -2.52. The fraction of sp³-hybridized carbons (Fsp3) is 0.333. The molecule has 4 rings (SSSR count). The summed E-state index contributed by atoms with van der Waals surface area (Å²) in [5.74, 6) is -0.526. The smallest absolute Gasteiger partial charge is 0.251 e. The van der Waals surface area contributed by atoms with Crippen molar-refractivity contribution in [3.8, 4) is 0 Å². The molecule has 2 fully saturated rings. The molecule has 5 nitrogen and oxygen atoms in total. The Balaban J connectivity index is 1.45. The first-order valence-corrected chi connectivity index (χ1v) is 10.6. The molecule has 0 aliphatic carbocycles. The van der Waals surface area contributed by atoms with Crippen molar-refractivity contribution in [2.45, 2.75) is 17.4 Å². The van der Waals surface area contributed by atoms with Crippen molar-refractivity contribution in [3.05, 3.63) is 54.3 Å². The van der Waals surface area contributed by atoms with E-state index < -0.39 is 6.04 Å². The fourth-order valence-electron chi connectivity index (χ4n) is 3.91. The summed E-state index contributed by atoms with van der Waals surface area (Å²) in [6, 6.07) is 13.6. The van der Waals surface area contributed by atoms with E-state index in [4.69, 9.17) is 0 Å². The molecule has 1 atom stereocenters. The molecule has 0 radical (unpaired) electrons. The second-order valence-corrected chi connectivity index (χ2v) is 7.81. The van der Waals surface area contributed by atoms with Gasteiger partial charge in [0.25, 0.3) is 5.91 Å². The van der Waals surface area contributed by atoms with Gasteiger partial charge in [0.05, 0.1) is 18.2 Å². The Morgan fingerprint density at radius 2 is 1.64 bits per heavy atom. The van der Waals surface area contributed by atoms with Crippen LogP contribution in [0.2, 0.25) is 0 Å². The van der Waals surface area contributed by atoms with Gasteiger partial charge in [-0.05, 0) is 42.7 Å². The first-order valence-electron chi connectivity index (χ1n) is 9.33. The van der Waals surface area contributed by atoms with Crippen LogP contribution in [0.3, 0.4) is 0 Å². The number of carbonyl (C=O) groups excluding carboxylic acids is 2. The van der Waals surface area contributed by atoms with Gasteiger partial charge < -0.3 is 4.90 Å². The van der Waals surface area contributed by atoms with Crippen LogP contribution >= 0.6 is 11.8 Å². The van der Waals surface area contributed by atoms with Crippen molar-refractivity contribution >= 4 is 35.0 Å². The van der Waals surface area contributed by atoms with Crippen LogP contribution in [0, 0.1) is 5.82 Å². The zero-order valence-corrected chi connectivity index (χ0v) is 16.5. The highest BCUT2D eigenvalue weighted by Gasteiger charge is 2.43. The van der Waals surface area contributed by atoms with Gasteiger partial charge in [0.15, 0.2) is 0 Å². The Morgan fingerprint density at radius 1 is 0.964 bits per heavy atom. The molecule has 28 heavy (non-hydrogen) atoms. The van der Waals surface area contributed by atoms with E-state index in [1.807, 2.05) is 30.5 Å². The summed E-state index contributed by atoms with van der Waals surface area (Å²) in [6.07, 6.45) is 2.16. The molecule has 0 unspecified atom stereocenters. The minimum absolute atomic E-state index is 0.137. The zero-order valence-electron chi connectivity index (χ0n) is 15.7. The summed E-state index contributed by atoms with van der Waals surface area (Å²) in [6.45, 7) is 2.87. The maximum absolute atomic E-state index is 13.1. The zero-order chi connectivity index (χ0) is 19.7. The van der Waals surface area contributed by atoms with E-state index in [9.17, 15) is 14.0 Å². The third-order valence-corrected chi connectivity index (χ3v) is 6.18. The van der Waals surface area contributed by atoms with E-state index in [1.165, 1.54) is 28.8 Å². The monoisotopic (exact) mass is 399 g/mol. The highest BCUT2D eigenvalue weighted by molar-refractivity contribution is 7.98. The van der Waals surface area contributed by atoms with Gasteiger partial charge in [-0.25, -0.2) is 9.29 Å². The van der Waals surface area contributed by atoms with E-state index in [1.54, 1.807) is 12.1 Å². The molecule has 0 N–H and O–H groups in total. The summed E-state index contributed by atoms with van der Waals surface area (Å²) in [7, 11) is 0. The van der Waals surface area contributed by atoms with E-state index in [2.05, 4.69) is 9.80 Å². The predicted octanol–water partition coefficient (Wildman–Crippen LogP) is 3.00. The number of halogens is 1. The molecule has 2 heterocycles. The van der Waals surface area contributed by atoms with Crippen LogP contribution in [0.4, 0.5) is 15.8 Å². The molecule has 0 spiro atoms. The molecule has 0 bridgehead atoms. The lowest BCUT2D eigenvalue weighted by Gasteiger charge is -2.38. The summed E-state index contributed by atoms with van der Waals surface area (Å²) in [5, 5.41) is 0. The predicted molar refractivity (Wildman–Crippen MR) is 109 cm³/mol. The third-order valence-electron chi connectivity index (χ3n) is 5.40. The number of thioether (sulfide) groups is 1. The second kappa shape index (κ2) is 7.93. The Morgan fingerprint density at radius 3 is 2.32 bits per heavy atom. The van der Waals surface area contributed by atoms with Gasteiger partial charge in [0.2, 0.25) is 5.91 Å². The van der Waals surface area contributed by atoms with Crippen LogP contribution in [0.25, 0.3) is 0 Å². The molecule has 2 aromatic rings. The molecule has 2 aliphatic heterocycles. The van der Waals surface area contributed by atoms with Crippen molar-refractivity contribution in [3.63, 3.8) is 0 Å². The molecule has 2 aliphatic rings. The van der Waals surface area contributed by atoms with Crippen molar-refractivity contribution in [2.75, 3.05) is 42.2 Å². The van der Waals surface area contributed by atoms with Crippen LogP contribution in [-0.4, -0.2) is 55.2 Å². The minimum atomic E-state index is -0.405. The van der Waals surface area contributed by atoms with Gasteiger partial charge in [-0.15, -0.1) is 11.8 Å². The molecule has 146 valence electrons. The number of nitrogens with zero attached hydrogens (tertiary/aromatic N) is 3. The van der Waals surface area contributed by atoms with Gasteiger partial charge in [-0.3, -0.25) is 14.5 Å². The molecular weight excluding hydrogens is 377 g/mol. The number of hydrogen-bond acceptors (Lipinski definition) is 5. The number of para-hydroxylation sites is 1. The SMILES string of the molecule is CSc1ccccc1N1C(=O)C[C@H](N2CCN(c3ccc(F)cc3)CC2)C1=O. The average Bonchev–Trinajstić information content (AvgIpc) is 3.02. The molecule has 7 heteroatoms. The van der Waals surface area contributed by atoms with Crippen molar-refractivity contribution in [1.82, 2.24) is 4.90 Å². The number of amides is 2. The molecule has 0 aromatic heterocycles. The number of hydrogen-bond donors (Lipinski definition) is 0. The number of rotatable bonds is 4. The Hall–Kier alpha value is -2.38. The van der Waals surface area contributed by atoms with Gasteiger partial charge in [-0.2, -0.15) is 0 Å². The average molecular weight is 399 g/mol. The fourth-order valence-corrected chi connectivity index (χ4v) is 4.50. The second-order valence-electron chi connectivity index (χ2n) is 6.96. The first-order chi connectivity index (χ1) is 13.6. The number of carbonyl (C=O) groups is 2. The van der Waals surface area contributed by atoms with E-state index in [0.717, 1.165) is 23.7 Å². The normalized spacial score (nSPS) is 20.9. The minimum Gasteiger partial charge on any atom is -0.369 e. The third kappa shape index (κ3) is 3.52. The Bertz CT molecular complexity index is 881. The van der Waals surface area contributed by atoms with Gasteiger partial charge in [-0.1, -0.05) is 12.1 Å².